The summed E-state index contributed by atoms with van der Waals surface area (Å²) in [5.74, 6) is 0. The van der Waals surface area contributed by atoms with Gasteiger partial charge in [-0.25, -0.2) is 0 Å². The van der Waals surface area contributed by atoms with Crippen molar-refractivity contribution in [1.29, 1.82) is 0 Å². The second kappa shape index (κ2) is 4.27. The first-order valence-electron chi connectivity index (χ1n) is 7.25. The van der Waals surface area contributed by atoms with Gasteiger partial charge in [0.25, 0.3) is 0 Å². The summed E-state index contributed by atoms with van der Waals surface area (Å²) < 4.78 is 0. The lowest BCUT2D eigenvalue weighted by molar-refractivity contribution is 0.555. The van der Waals surface area contributed by atoms with E-state index in [0.29, 0.717) is 0 Å². The maximum Gasteiger partial charge on any atom is 0.0405 e. The number of hydrogen-bond donors (Lipinski definition) is 1. The van der Waals surface area contributed by atoms with E-state index < -0.39 is 0 Å². The Balaban J connectivity index is 2.03. The highest BCUT2D eigenvalue weighted by Crippen LogP contribution is 2.53. The van der Waals surface area contributed by atoms with Gasteiger partial charge in [0.2, 0.25) is 0 Å². The number of rotatable bonds is 3. The maximum absolute atomic E-state index is 6.26. The number of anilines is 1. The highest BCUT2D eigenvalue weighted by Gasteiger charge is 2.49. The van der Waals surface area contributed by atoms with E-state index in [2.05, 4.69) is 36.9 Å². The number of nitrogens with zero attached hydrogens (tertiary/aromatic N) is 1. The minimum atomic E-state index is 0.264. The minimum Gasteiger partial charge on any atom is -0.371 e. The molecule has 2 N–H and O–H groups in total. The first-order chi connectivity index (χ1) is 8.63. The Hall–Kier alpha value is -1.02. The number of nitrogens with two attached hydrogens (primary N) is 1. The molecule has 1 atom stereocenters. The maximum atomic E-state index is 6.26. The molecule has 0 amide bonds. The molecule has 2 nitrogen and oxygen atoms in total. The molecule has 0 radical (unpaired) electrons. The Bertz CT molecular complexity index is 440. The van der Waals surface area contributed by atoms with Crippen molar-refractivity contribution in [3.05, 3.63) is 29.3 Å². The lowest BCUT2D eigenvalue weighted by atomic mass is 9.87. The molecule has 2 fully saturated rings. The molecule has 0 spiro atoms. The average molecular weight is 244 g/mol. The summed E-state index contributed by atoms with van der Waals surface area (Å²) >= 11 is 0. The summed E-state index contributed by atoms with van der Waals surface area (Å²) in [6.07, 6.45) is 5.18. The molecule has 3 rings (SSSR count). The Labute approximate surface area is 110 Å². The molecule has 1 saturated carbocycles. The molecular formula is C16H24N2. The summed E-state index contributed by atoms with van der Waals surface area (Å²) in [7, 11) is 0. The smallest absolute Gasteiger partial charge is 0.0405 e. The van der Waals surface area contributed by atoms with Crippen molar-refractivity contribution < 1.29 is 0 Å². The predicted molar refractivity (Wildman–Crippen MR) is 77.2 cm³/mol. The van der Waals surface area contributed by atoms with Crippen LogP contribution in [0.2, 0.25) is 0 Å². The fourth-order valence-electron chi connectivity index (χ4n) is 3.39. The molecule has 1 aromatic rings. The van der Waals surface area contributed by atoms with E-state index in [4.69, 9.17) is 5.73 Å². The van der Waals surface area contributed by atoms with Crippen LogP contribution in [-0.2, 0) is 5.41 Å². The van der Waals surface area contributed by atoms with Crippen LogP contribution in [0.1, 0.15) is 43.7 Å². The molecule has 1 unspecified atom stereocenters. The Morgan fingerprint density at radius 1 is 1.22 bits per heavy atom. The highest BCUT2D eigenvalue weighted by atomic mass is 15.1. The van der Waals surface area contributed by atoms with Gasteiger partial charge in [-0.1, -0.05) is 17.7 Å². The molecular weight excluding hydrogens is 220 g/mol. The third-order valence-electron chi connectivity index (χ3n) is 4.80. The zero-order valence-electron chi connectivity index (χ0n) is 11.6. The van der Waals surface area contributed by atoms with Crippen molar-refractivity contribution in [2.75, 3.05) is 18.0 Å². The van der Waals surface area contributed by atoms with Crippen molar-refractivity contribution in [1.82, 2.24) is 0 Å². The fraction of sp³-hybridized carbons (Fsp3) is 0.625. The topological polar surface area (TPSA) is 29.3 Å². The Morgan fingerprint density at radius 3 is 2.44 bits per heavy atom. The average Bonchev–Trinajstić information content (AvgIpc) is 2.99. The van der Waals surface area contributed by atoms with E-state index in [1.165, 1.54) is 55.6 Å². The normalized spacial score (nSPS) is 23.2. The molecule has 2 heteroatoms. The third kappa shape index (κ3) is 1.83. The van der Waals surface area contributed by atoms with Gasteiger partial charge in [-0.3, -0.25) is 0 Å². The highest BCUT2D eigenvalue weighted by molar-refractivity contribution is 5.61. The summed E-state index contributed by atoms with van der Waals surface area (Å²) in [4.78, 5) is 2.55. The lowest BCUT2D eigenvalue weighted by Crippen LogP contribution is -2.33. The van der Waals surface area contributed by atoms with Gasteiger partial charge in [0.1, 0.15) is 0 Å². The quantitative estimate of drug-likeness (QED) is 0.885. The SMILES string of the molecule is Cc1ccc(N2CCCC2)c(C2(C(C)N)CC2)c1. The van der Waals surface area contributed by atoms with E-state index >= 15 is 0 Å². The summed E-state index contributed by atoms with van der Waals surface area (Å²) in [5.41, 5.74) is 10.9. The van der Waals surface area contributed by atoms with Gasteiger partial charge >= 0.3 is 0 Å². The van der Waals surface area contributed by atoms with Crippen LogP contribution in [-0.4, -0.2) is 19.1 Å². The van der Waals surface area contributed by atoms with Crippen LogP contribution in [0, 0.1) is 6.92 Å². The minimum absolute atomic E-state index is 0.264. The van der Waals surface area contributed by atoms with Crippen LogP contribution in [0.15, 0.2) is 18.2 Å². The third-order valence-corrected chi connectivity index (χ3v) is 4.80. The Morgan fingerprint density at radius 2 is 1.89 bits per heavy atom. The molecule has 0 bridgehead atoms. The summed E-state index contributed by atoms with van der Waals surface area (Å²) in [6, 6.07) is 7.21. The van der Waals surface area contributed by atoms with Gasteiger partial charge in [-0.05, 0) is 51.2 Å². The summed E-state index contributed by atoms with van der Waals surface area (Å²) in [5, 5.41) is 0. The number of benzene rings is 1. The monoisotopic (exact) mass is 244 g/mol. The lowest BCUT2D eigenvalue weighted by Gasteiger charge is -2.28. The number of hydrogen-bond acceptors (Lipinski definition) is 2. The van der Waals surface area contributed by atoms with Crippen LogP contribution in [0.3, 0.4) is 0 Å². The largest absolute Gasteiger partial charge is 0.371 e. The van der Waals surface area contributed by atoms with E-state index in [1.807, 2.05) is 0 Å². The van der Waals surface area contributed by atoms with Gasteiger partial charge in [0.05, 0.1) is 0 Å². The molecule has 18 heavy (non-hydrogen) atoms. The molecule has 1 aromatic carbocycles. The predicted octanol–water partition coefficient (Wildman–Crippen LogP) is 2.97. The number of aryl methyl sites for hydroxylation is 1. The molecule has 1 aliphatic carbocycles. The van der Waals surface area contributed by atoms with Crippen LogP contribution in [0.25, 0.3) is 0 Å². The van der Waals surface area contributed by atoms with Gasteiger partial charge in [-0.15, -0.1) is 0 Å². The molecule has 1 aliphatic heterocycles. The molecule has 0 aromatic heterocycles. The molecule has 2 aliphatic rings. The van der Waals surface area contributed by atoms with Crippen molar-refractivity contribution >= 4 is 5.69 Å². The van der Waals surface area contributed by atoms with E-state index in [0.717, 1.165) is 0 Å². The standard InChI is InChI=1S/C16H24N2/c1-12-5-6-15(18-9-3-4-10-18)14(11-12)16(7-8-16)13(2)17/h5-6,11,13H,3-4,7-10,17H2,1-2H3. The zero-order chi connectivity index (χ0) is 12.8. The van der Waals surface area contributed by atoms with Crippen molar-refractivity contribution in [3.63, 3.8) is 0 Å². The first-order valence-corrected chi connectivity index (χ1v) is 7.25. The molecule has 98 valence electrons. The van der Waals surface area contributed by atoms with Crippen molar-refractivity contribution in [2.24, 2.45) is 5.73 Å². The van der Waals surface area contributed by atoms with E-state index in [1.54, 1.807) is 0 Å². The van der Waals surface area contributed by atoms with Crippen LogP contribution >= 0.6 is 0 Å². The van der Waals surface area contributed by atoms with Crippen molar-refractivity contribution in [2.45, 2.75) is 51.0 Å². The van der Waals surface area contributed by atoms with Crippen LogP contribution in [0.5, 0.6) is 0 Å². The first kappa shape index (κ1) is 12.0. The van der Waals surface area contributed by atoms with Gasteiger partial charge in [0, 0.05) is 30.2 Å². The summed E-state index contributed by atoms with van der Waals surface area (Å²) in [6.45, 7) is 6.79. The van der Waals surface area contributed by atoms with Crippen molar-refractivity contribution in [3.8, 4) is 0 Å². The van der Waals surface area contributed by atoms with Crippen LogP contribution < -0.4 is 10.6 Å². The van der Waals surface area contributed by atoms with Gasteiger partial charge in [-0.2, -0.15) is 0 Å². The van der Waals surface area contributed by atoms with E-state index in [-0.39, 0.29) is 11.5 Å². The second-order valence-corrected chi connectivity index (χ2v) is 6.16. The molecule has 1 saturated heterocycles. The molecule has 1 heterocycles. The zero-order valence-corrected chi connectivity index (χ0v) is 11.6. The Kier molecular flexibility index (Phi) is 2.86. The van der Waals surface area contributed by atoms with Gasteiger partial charge < -0.3 is 10.6 Å². The van der Waals surface area contributed by atoms with Gasteiger partial charge in [0.15, 0.2) is 0 Å². The second-order valence-electron chi connectivity index (χ2n) is 6.16. The van der Waals surface area contributed by atoms with E-state index in [9.17, 15) is 0 Å². The van der Waals surface area contributed by atoms with Crippen LogP contribution in [0.4, 0.5) is 5.69 Å². The fourth-order valence-corrected chi connectivity index (χ4v) is 3.39.